The quantitative estimate of drug-likeness (QED) is 0.618. The van der Waals surface area contributed by atoms with E-state index in [1.165, 1.54) is 18.4 Å². The van der Waals surface area contributed by atoms with E-state index in [0.29, 0.717) is 23.8 Å². The third-order valence-electron chi connectivity index (χ3n) is 6.76. The molecule has 0 saturated carbocycles. The maximum Gasteiger partial charge on any atom is 0.221 e. The summed E-state index contributed by atoms with van der Waals surface area (Å²) in [6, 6.07) is 17.9. The van der Waals surface area contributed by atoms with Crippen LogP contribution in [0.1, 0.15) is 55.7 Å². The summed E-state index contributed by atoms with van der Waals surface area (Å²) in [7, 11) is 0. The predicted octanol–water partition coefficient (Wildman–Crippen LogP) is 5.17. The molecule has 164 valence electrons. The van der Waals surface area contributed by atoms with Crippen LogP contribution in [0.2, 0.25) is 5.02 Å². The topological polar surface area (TPSA) is 49.4 Å². The van der Waals surface area contributed by atoms with Crippen molar-refractivity contribution in [2.24, 2.45) is 11.8 Å². The number of likely N-dealkylation sites (tertiary alicyclic amines) is 1. The number of halogens is 1. The molecule has 2 aromatic carbocycles. The Labute approximate surface area is 190 Å². The first-order chi connectivity index (χ1) is 15.1. The summed E-state index contributed by atoms with van der Waals surface area (Å²) < 4.78 is 0. The number of nitrogens with zero attached hydrogens (tertiary/aromatic N) is 1. The van der Waals surface area contributed by atoms with Crippen LogP contribution in [0, 0.1) is 11.8 Å². The first-order valence-electron chi connectivity index (χ1n) is 11.4. The molecule has 4 nitrogen and oxygen atoms in total. The van der Waals surface area contributed by atoms with Gasteiger partial charge < -0.3 is 5.32 Å². The lowest BCUT2D eigenvalue weighted by Gasteiger charge is -2.32. The standard InChI is InChI=1S/C26H31ClN2O2/c27-22-11-9-21(10-12-22)26-23(17-25(31)28-26)24(30)8-4-7-19-13-15-29(16-14-19)18-20-5-2-1-3-6-20/h1-3,5-6,9-12,19,23,26H,4,7-8,13-18H2,(H,28,31)/t23-,26-/m1/s1. The van der Waals surface area contributed by atoms with E-state index in [2.05, 4.69) is 40.5 Å². The van der Waals surface area contributed by atoms with Gasteiger partial charge in [-0.1, -0.05) is 54.1 Å². The van der Waals surface area contributed by atoms with Crippen molar-refractivity contribution >= 4 is 23.3 Å². The van der Waals surface area contributed by atoms with Gasteiger partial charge in [-0.15, -0.1) is 0 Å². The minimum absolute atomic E-state index is 0.0379. The van der Waals surface area contributed by atoms with Crippen molar-refractivity contribution < 1.29 is 9.59 Å². The van der Waals surface area contributed by atoms with Crippen LogP contribution in [-0.2, 0) is 16.1 Å². The lowest BCUT2D eigenvalue weighted by atomic mass is 9.86. The molecule has 2 fully saturated rings. The minimum atomic E-state index is -0.263. The molecule has 0 unspecified atom stereocenters. The first kappa shape index (κ1) is 22.0. The van der Waals surface area contributed by atoms with E-state index in [-0.39, 0.29) is 23.7 Å². The lowest BCUT2D eigenvalue weighted by Crippen LogP contribution is -2.33. The molecule has 2 heterocycles. The number of hydrogen-bond donors (Lipinski definition) is 1. The van der Waals surface area contributed by atoms with Gasteiger partial charge >= 0.3 is 0 Å². The van der Waals surface area contributed by atoms with E-state index in [9.17, 15) is 9.59 Å². The second-order valence-electron chi connectivity index (χ2n) is 8.97. The van der Waals surface area contributed by atoms with Gasteiger partial charge in [-0.25, -0.2) is 0 Å². The van der Waals surface area contributed by atoms with Crippen molar-refractivity contribution in [2.75, 3.05) is 13.1 Å². The van der Waals surface area contributed by atoms with Crippen molar-refractivity contribution in [3.8, 4) is 0 Å². The van der Waals surface area contributed by atoms with E-state index >= 15 is 0 Å². The molecule has 2 aromatic rings. The summed E-state index contributed by atoms with van der Waals surface area (Å²) >= 11 is 5.98. The van der Waals surface area contributed by atoms with Gasteiger partial charge in [-0.05, 0) is 68.0 Å². The van der Waals surface area contributed by atoms with Gasteiger partial charge in [-0.3, -0.25) is 14.5 Å². The fourth-order valence-corrected chi connectivity index (χ4v) is 5.09. The van der Waals surface area contributed by atoms with Crippen molar-refractivity contribution in [3.05, 3.63) is 70.7 Å². The van der Waals surface area contributed by atoms with Gasteiger partial charge in [-0.2, -0.15) is 0 Å². The maximum atomic E-state index is 12.9. The average molecular weight is 439 g/mol. The predicted molar refractivity (Wildman–Crippen MR) is 124 cm³/mol. The summed E-state index contributed by atoms with van der Waals surface area (Å²) in [5.41, 5.74) is 2.33. The Bertz CT molecular complexity index is 876. The number of amides is 1. The number of carbonyl (C=O) groups is 2. The van der Waals surface area contributed by atoms with Crippen LogP contribution in [0.25, 0.3) is 0 Å². The zero-order valence-electron chi connectivity index (χ0n) is 17.9. The number of Topliss-reactive ketones (excluding diaryl/α,β-unsaturated/α-hetero) is 1. The van der Waals surface area contributed by atoms with Crippen molar-refractivity contribution in [1.82, 2.24) is 10.2 Å². The molecular weight excluding hydrogens is 408 g/mol. The van der Waals surface area contributed by atoms with Gasteiger partial charge in [0.15, 0.2) is 0 Å². The molecule has 2 atom stereocenters. The van der Waals surface area contributed by atoms with Crippen LogP contribution >= 0.6 is 11.6 Å². The number of nitrogens with one attached hydrogen (secondary N) is 1. The Morgan fingerprint density at radius 2 is 1.74 bits per heavy atom. The fraction of sp³-hybridized carbons (Fsp3) is 0.462. The van der Waals surface area contributed by atoms with E-state index in [4.69, 9.17) is 11.6 Å². The number of hydrogen-bond acceptors (Lipinski definition) is 3. The molecule has 31 heavy (non-hydrogen) atoms. The van der Waals surface area contributed by atoms with Crippen molar-refractivity contribution in [3.63, 3.8) is 0 Å². The normalized spacial score (nSPS) is 22.4. The first-order valence-corrected chi connectivity index (χ1v) is 11.8. The van der Waals surface area contributed by atoms with Crippen molar-refractivity contribution in [2.45, 2.75) is 51.1 Å². The largest absolute Gasteiger partial charge is 0.349 e. The Morgan fingerprint density at radius 3 is 2.45 bits per heavy atom. The van der Waals surface area contributed by atoms with Crippen LogP contribution in [0.3, 0.4) is 0 Å². The van der Waals surface area contributed by atoms with E-state index in [0.717, 1.165) is 38.0 Å². The molecule has 0 spiro atoms. The highest BCUT2D eigenvalue weighted by atomic mass is 35.5. The molecule has 0 radical (unpaired) electrons. The Balaban J connectivity index is 1.21. The molecule has 2 saturated heterocycles. The SMILES string of the molecule is O=C1C[C@H](C(=O)CCCC2CCN(Cc3ccccc3)CC2)[C@@H](c2ccc(Cl)cc2)N1. The summed E-state index contributed by atoms with van der Waals surface area (Å²) in [6.45, 7) is 3.29. The Hall–Kier alpha value is -2.17. The van der Waals surface area contributed by atoms with E-state index in [1.54, 1.807) is 0 Å². The third-order valence-corrected chi connectivity index (χ3v) is 7.01. The van der Waals surface area contributed by atoms with Gasteiger partial charge in [0, 0.05) is 24.4 Å². The maximum absolute atomic E-state index is 12.9. The summed E-state index contributed by atoms with van der Waals surface area (Å²) in [5.74, 6) is 0.612. The third kappa shape index (κ3) is 5.96. The zero-order valence-corrected chi connectivity index (χ0v) is 18.7. The highest BCUT2D eigenvalue weighted by Crippen LogP contribution is 2.33. The number of benzene rings is 2. The smallest absolute Gasteiger partial charge is 0.221 e. The Kier molecular flexibility index (Phi) is 7.41. The molecule has 4 rings (SSSR count). The Morgan fingerprint density at radius 1 is 1.03 bits per heavy atom. The van der Waals surface area contributed by atoms with Gasteiger partial charge in [0.1, 0.15) is 5.78 Å². The molecule has 2 aliphatic heterocycles. The number of piperidine rings is 1. The lowest BCUT2D eigenvalue weighted by molar-refractivity contribution is -0.125. The van der Waals surface area contributed by atoms with Crippen LogP contribution in [0.5, 0.6) is 0 Å². The van der Waals surface area contributed by atoms with Gasteiger partial charge in [0.2, 0.25) is 5.91 Å². The molecule has 5 heteroatoms. The van der Waals surface area contributed by atoms with Crippen molar-refractivity contribution in [1.29, 1.82) is 0 Å². The highest BCUT2D eigenvalue weighted by Gasteiger charge is 2.37. The molecular formula is C26H31ClN2O2. The van der Waals surface area contributed by atoms with Crippen LogP contribution in [-0.4, -0.2) is 29.7 Å². The summed E-state index contributed by atoms with van der Waals surface area (Å²) in [4.78, 5) is 27.4. The number of carbonyl (C=O) groups excluding carboxylic acids is 2. The number of ketones is 1. The zero-order chi connectivity index (χ0) is 21.6. The molecule has 1 amide bonds. The highest BCUT2D eigenvalue weighted by molar-refractivity contribution is 6.30. The minimum Gasteiger partial charge on any atom is -0.349 e. The molecule has 2 aliphatic rings. The molecule has 0 bridgehead atoms. The summed E-state index contributed by atoms with van der Waals surface area (Å²) in [5, 5.41) is 3.63. The van der Waals surface area contributed by atoms with Crippen LogP contribution < -0.4 is 5.32 Å². The van der Waals surface area contributed by atoms with Crippen LogP contribution in [0.4, 0.5) is 0 Å². The van der Waals surface area contributed by atoms with Gasteiger partial charge in [0.05, 0.1) is 12.0 Å². The van der Waals surface area contributed by atoms with Gasteiger partial charge in [0.25, 0.3) is 0 Å². The fourth-order valence-electron chi connectivity index (χ4n) is 4.96. The molecule has 0 aromatic heterocycles. The van der Waals surface area contributed by atoms with E-state index in [1.807, 2.05) is 24.3 Å². The molecule has 1 N–H and O–H groups in total. The van der Waals surface area contributed by atoms with E-state index < -0.39 is 0 Å². The summed E-state index contributed by atoms with van der Waals surface area (Å²) in [6.07, 6.45) is 5.29. The number of rotatable bonds is 8. The molecule has 0 aliphatic carbocycles. The second-order valence-corrected chi connectivity index (χ2v) is 9.41. The van der Waals surface area contributed by atoms with Crippen LogP contribution in [0.15, 0.2) is 54.6 Å². The second kappa shape index (κ2) is 10.4. The average Bonchev–Trinajstić information content (AvgIpc) is 3.18. The monoisotopic (exact) mass is 438 g/mol.